The van der Waals surface area contributed by atoms with E-state index in [1.54, 1.807) is 18.3 Å². The first-order valence-electron chi connectivity index (χ1n) is 11.5. The van der Waals surface area contributed by atoms with Gasteiger partial charge in [-0.15, -0.1) is 3.89 Å². The summed E-state index contributed by atoms with van der Waals surface area (Å²) in [5.41, 5.74) is 3.67. The van der Waals surface area contributed by atoms with Crippen molar-refractivity contribution in [3.8, 4) is 11.3 Å². The fraction of sp³-hybridized carbons (Fsp3) is 0.320. The lowest BCUT2D eigenvalue weighted by atomic mass is 10.1. The van der Waals surface area contributed by atoms with Crippen LogP contribution < -0.4 is 5.32 Å². The molecular weight excluding hydrogens is 453 g/mol. The van der Waals surface area contributed by atoms with E-state index in [1.165, 1.54) is 38.4 Å². The van der Waals surface area contributed by atoms with Crippen molar-refractivity contribution >= 4 is 45.8 Å². The van der Waals surface area contributed by atoms with Crippen LogP contribution in [0, 0.1) is 0 Å². The minimum Gasteiger partial charge on any atom is -0.477 e. The van der Waals surface area contributed by atoms with Gasteiger partial charge in [0.15, 0.2) is 12.3 Å². The molecule has 0 atom stereocenters. The highest BCUT2D eigenvalue weighted by Gasteiger charge is 2.17. The number of nitrogens with one attached hydrogen (secondary N) is 1. The Hall–Kier alpha value is -3.17. The van der Waals surface area contributed by atoms with Crippen LogP contribution in [0.15, 0.2) is 48.8 Å². The number of fused-ring (bicyclic) bond motifs is 2. The third-order valence-electron chi connectivity index (χ3n) is 6.37. The molecule has 0 saturated carbocycles. The van der Waals surface area contributed by atoms with Crippen LogP contribution in [0.2, 0.25) is 0 Å². The van der Waals surface area contributed by atoms with E-state index in [2.05, 4.69) is 15.2 Å². The summed E-state index contributed by atoms with van der Waals surface area (Å²) in [7, 11) is 0. The van der Waals surface area contributed by atoms with Crippen LogP contribution >= 0.6 is 12.3 Å². The third kappa shape index (κ3) is 4.58. The molecule has 0 radical (unpaired) electrons. The summed E-state index contributed by atoms with van der Waals surface area (Å²) in [5, 5.41) is 14.6. The van der Waals surface area contributed by atoms with Gasteiger partial charge in [-0.2, -0.15) is 0 Å². The van der Waals surface area contributed by atoms with Gasteiger partial charge in [-0.05, 0) is 63.2 Å². The molecular formula is C25H26FN5O2S. The van der Waals surface area contributed by atoms with Gasteiger partial charge in [0.25, 0.3) is 0 Å². The molecule has 0 amide bonds. The lowest BCUT2D eigenvalue weighted by Gasteiger charge is -2.26. The molecule has 1 saturated heterocycles. The zero-order valence-corrected chi connectivity index (χ0v) is 19.5. The number of carbonyl (C=O) groups is 1. The largest absolute Gasteiger partial charge is 0.477 e. The maximum Gasteiger partial charge on any atom is 0.353 e. The van der Waals surface area contributed by atoms with Crippen molar-refractivity contribution in [3.63, 3.8) is 0 Å². The molecule has 176 valence electrons. The van der Waals surface area contributed by atoms with Gasteiger partial charge in [0.05, 0.1) is 16.7 Å². The van der Waals surface area contributed by atoms with Crippen molar-refractivity contribution in [2.24, 2.45) is 0 Å². The Morgan fingerprint density at radius 3 is 2.79 bits per heavy atom. The molecule has 4 aromatic rings. The number of aromatic nitrogens is 3. The molecule has 5 rings (SSSR count). The molecule has 1 fully saturated rings. The number of carboxylic acids is 1. The number of benzene rings is 1. The van der Waals surface area contributed by atoms with Crippen LogP contribution in [0.25, 0.3) is 33.1 Å². The summed E-state index contributed by atoms with van der Waals surface area (Å²) in [4.78, 5) is 23.1. The summed E-state index contributed by atoms with van der Waals surface area (Å²) in [6.07, 6.45) is 8.50. The average molecular weight is 480 g/mol. The highest BCUT2D eigenvalue weighted by atomic mass is 32.2. The maximum atomic E-state index is 13.6. The van der Waals surface area contributed by atoms with Gasteiger partial charge in [-0.25, -0.2) is 13.8 Å². The lowest BCUT2D eigenvalue weighted by molar-refractivity contribution is 0.0690. The maximum absolute atomic E-state index is 13.6. The Labute approximate surface area is 201 Å². The molecule has 1 aliphatic heterocycles. The number of rotatable bonds is 8. The fourth-order valence-electron chi connectivity index (χ4n) is 4.63. The van der Waals surface area contributed by atoms with E-state index in [0.717, 1.165) is 51.3 Å². The highest BCUT2D eigenvalue weighted by molar-refractivity contribution is 7.93. The van der Waals surface area contributed by atoms with Gasteiger partial charge in [-0.1, -0.05) is 18.6 Å². The van der Waals surface area contributed by atoms with Gasteiger partial charge in [0.1, 0.15) is 5.69 Å². The Kier molecular flexibility index (Phi) is 6.64. The van der Waals surface area contributed by atoms with E-state index in [0.29, 0.717) is 10.9 Å². The van der Waals surface area contributed by atoms with Crippen LogP contribution in [0.3, 0.4) is 0 Å². The number of carboxylic acid groups (broad SMARTS) is 1. The van der Waals surface area contributed by atoms with Crippen molar-refractivity contribution < 1.29 is 13.8 Å². The standard InChI is InChI=1S/C25H26FN5O2S/c26-34-31-23-13-17(5-6-18(23)14-24(31)25(32)33)21-15-22(19-16-27-9-7-20(19)29-21)28-8-4-12-30-10-2-1-3-11-30/h5-7,9,13-16H,1-4,8,10-12H2,(H,28,29)(H,32,33). The predicted molar refractivity (Wildman–Crippen MR) is 135 cm³/mol. The van der Waals surface area contributed by atoms with E-state index >= 15 is 0 Å². The molecule has 3 aromatic heterocycles. The molecule has 7 nitrogen and oxygen atoms in total. The average Bonchev–Trinajstić information content (AvgIpc) is 3.25. The van der Waals surface area contributed by atoms with Crippen molar-refractivity contribution in [2.45, 2.75) is 25.7 Å². The topological polar surface area (TPSA) is 83.3 Å². The first kappa shape index (κ1) is 22.6. The van der Waals surface area contributed by atoms with Gasteiger partial charge >= 0.3 is 5.97 Å². The van der Waals surface area contributed by atoms with Gasteiger partial charge in [0.2, 0.25) is 0 Å². The van der Waals surface area contributed by atoms with Gasteiger partial charge < -0.3 is 15.3 Å². The predicted octanol–water partition coefficient (Wildman–Crippen LogP) is 5.62. The van der Waals surface area contributed by atoms with Crippen molar-refractivity contribution in [2.75, 3.05) is 31.5 Å². The van der Waals surface area contributed by atoms with E-state index in [1.807, 2.05) is 24.4 Å². The number of aromatic carboxylic acids is 1. The summed E-state index contributed by atoms with van der Waals surface area (Å²) in [6, 6.07) is 10.8. The number of anilines is 1. The smallest absolute Gasteiger partial charge is 0.353 e. The Bertz CT molecular complexity index is 1340. The first-order valence-corrected chi connectivity index (χ1v) is 12.2. The van der Waals surface area contributed by atoms with E-state index < -0.39 is 5.97 Å². The summed E-state index contributed by atoms with van der Waals surface area (Å²) in [6.45, 7) is 4.31. The number of piperidine rings is 1. The van der Waals surface area contributed by atoms with Crippen molar-refractivity contribution in [1.82, 2.24) is 18.8 Å². The second kappa shape index (κ2) is 9.99. The van der Waals surface area contributed by atoms with Crippen molar-refractivity contribution in [1.29, 1.82) is 0 Å². The van der Waals surface area contributed by atoms with Crippen LogP contribution in [0.5, 0.6) is 0 Å². The van der Waals surface area contributed by atoms with E-state index in [-0.39, 0.29) is 18.0 Å². The van der Waals surface area contributed by atoms with Gasteiger partial charge in [0, 0.05) is 41.0 Å². The number of hydrogen-bond donors (Lipinski definition) is 2. The Morgan fingerprint density at radius 2 is 2.00 bits per heavy atom. The lowest BCUT2D eigenvalue weighted by Crippen LogP contribution is -2.31. The van der Waals surface area contributed by atoms with Crippen LogP contribution in [-0.4, -0.2) is 56.1 Å². The number of likely N-dealkylation sites (tertiary alicyclic amines) is 1. The third-order valence-corrected chi connectivity index (χ3v) is 6.90. The van der Waals surface area contributed by atoms with Crippen LogP contribution in [-0.2, 0) is 0 Å². The molecule has 1 aliphatic rings. The Balaban J connectivity index is 1.44. The van der Waals surface area contributed by atoms with Gasteiger partial charge in [-0.3, -0.25) is 4.98 Å². The molecule has 0 unspecified atom stereocenters. The number of nitrogens with zero attached hydrogens (tertiary/aromatic N) is 4. The minimum atomic E-state index is -1.17. The molecule has 0 bridgehead atoms. The quantitative estimate of drug-likeness (QED) is 0.317. The monoisotopic (exact) mass is 479 g/mol. The van der Waals surface area contributed by atoms with E-state index in [4.69, 9.17) is 4.98 Å². The summed E-state index contributed by atoms with van der Waals surface area (Å²) >= 11 is -0.114. The molecule has 4 heterocycles. The molecule has 34 heavy (non-hydrogen) atoms. The summed E-state index contributed by atoms with van der Waals surface area (Å²) < 4.78 is 14.7. The fourth-order valence-corrected chi connectivity index (χ4v) is 5.07. The van der Waals surface area contributed by atoms with Crippen LogP contribution in [0.4, 0.5) is 9.57 Å². The number of hydrogen-bond acceptors (Lipinski definition) is 6. The number of halogens is 1. The zero-order valence-electron chi connectivity index (χ0n) is 18.7. The minimum absolute atomic E-state index is 0.103. The highest BCUT2D eigenvalue weighted by Crippen LogP contribution is 2.32. The first-order chi connectivity index (χ1) is 16.6. The molecule has 0 spiro atoms. The second-order valence-electron chi connectivity index (χ2n) is 8.60. The van der Waals surface area contributed by atoms with E-state index in [9.17, 15) is 13.8 Å². The Morgan fingerprint density at radius 1 is 1.15 bits per heavy atom. The second-order valence-corrected chi connectivity index (χ2v) is 9.11. The molecule has 0 aliphatic carbocycles. The normalized spacial score (nSPS) is 14.6. The van der Waals surface area contributed by atoms with Crippen LogP contribution in [0.1, 0.15) is 36.2 Å². The molecule has 2 N–H and O–H groups in total. The number of pyridine rings is 2. The summed E-state index contributed by atoms with van der Waals surface area (Å²) in [5.74, 6) is -1.17. The van der Waals surface area contributed by atoms with Crippen molar-refractivity contribution in [3.05, 3.63) is 54.5 Å². The molecule has 1 aromatic carbocycles. The SMILES string of the molecule is O=C(O)c1cc2ccc(-c3cc(NCCCN4CCCCC4)c4cnccc4n3)cc2n1SF. The zero-order chi connectivity index (χ0) is 23.5. The molecule has 9 heteroatoms.